The van der Waals surface area contributed by atoms with Gasteiger partial charge in [-0.05, 0) is 45.9 Å². The second-order valence-electron chi connectivity index (χ2n) is 8.20. The summed E-state index contributed by atoms with van der Waals surface area (Å²) in [5.74, 6) is -1.02. The highest BCUT2D eigenvalue weighted by Gasteiger charge is 2.25. The average Bonchev–Trinajstić information content (AvgIpc) is 3.16. The maximum Gasteiger partial charge on any atom is 0.254 e. The molecule has 0 radical (unpaired) electrons. The summed E-state index contributed by atoms with van der Waals surface area (Å²) in [6.07, 6.45) is 3.52. The number of allylic oxidation sites excluding steroid dienone is 1. The lowest BCUT2D eigenvalue weighted by atomic mass is 9.95. The summed E-state index contributed by atoms with van der Waals surface area (Å²) in [5, 5.41) is 8.52. The van der Waals surface area contributed by atoms with Gasteiger partial charge in [0.2, 0.25) is 0 Å². The monoisotopic (exact) mass is 449 g/mol. The number of dihydropyridines is 1. The minimum Gasteiger partial charge on any atom is -0.351 e. The fraction of sp³-hybridized carbons (Fsp3) is 0.292. The third-order valence-electron chi connectivity index (χ3n) is 5.49. The van der Waals surface area contributed by atoms with E-state index in [1.807, 2.05) is 45.0 Å². The molecule has 32 heavy (non-hydrogen) atoms. The van der Waals surface area contributed by atoms with Gasteiger partial charge >= 0.3 is 0 Å². The molecule has 2 amide bonds. The maximum atomic E-state index is 13.3. The molecule has 0 saturated carbocycles. The lowest BCUT2D eigenvalue weighted by Gasteiger charge is -2.19. The van der Waals surface area contributed by atoms with Gasteiger partial charge in [-0.25, -0.2) is 14.7 Å². The van der Waals surface area contributed by atoms with Crippen molar-refractivity contribution in [3.8, 4) is 11.3 Å². The average molecular weight is 450 g/mol. The highest BCUT2D eigenvalue weighted by Crippen LogP contribution is 2.30. The van der Waals surface area contributed by atoms with E-state index in [9.17, 15) is 9.59 Å². The zero-order valence-electron chi connectivity index (χ0n) is 18.4. The molecular formula is C24H24ClN5O2. The van der Waals surface area contributed by atoms with Gasteiger partial charge in [-0.3, -0.25) is 9.59 Å². The lowest BCUT2D eigenvalue weighted by molar-refractivity contribution is -0.120. The van der Waals surface area contributed by atoms with Crippen LogP contribution in [0, 0.1) is 5.92 Å². The molecule has 2 aromatic heterocycles. The Labute approximate surface area is 191 Å². The van der Waals surface area contributed by atoms with E-state index in [2.05, 4.69) is 15.4 Å². The quantitative estimate of drug-likeness (QED) is 0.615. The molecule has 0 spiro atoms. The molecule has 0 aliphatic carbocycles. The van der Waals surface area contributed by atoms with Crippen LogP contribution in [0.15, 0.2) is 53.2 Å². The van der Waals surface area contributed by atoms with E-state index in [4.69, 9.17) is 16.6 Å². The minimum atomic E-state index is -0.471. The van der Waals surface area contributed by atoms with Gasteiger partial charge in [0.1, 0.15) is 0 Å². The number of aliphatic imine (C=N–C) groups is 1. The molecule has 0 fully saturated rings. The molecule has 0 bridgehead atoms. The number of halogens is 1. The summed E-state index contributed by atoms with van der Waals surface area (Å²) < 4.78 is 1.78. The Morgan fingerprint density at radius 3 is 2.69 bits per heavy atom. The van der Waals surface area contributed by atoms with Crippen LogP contribution in [-0.4, -0.2) is 38.8 Å². The molecule has 4 rings (SSSR count). The van der Waals surface area contributed by atoms with Crippen LogP contribution in [0.5, 0.6) is 0 Å². The van der Waals surface area contributed by atoms with E-state index in [-0.39, 0.29) is 24.4 Å². The molecule has 1 aliphatic rings. The van der Waals surface area contributed by atoms with Crippen molar-refractivity contribution in [3.63, 3.8) is 0 Å². The van der Waals surface area contributed by atoms with Crippen LogP contribution < -0.4 is 5.32 Å². The number of hydrogen-bond acceptors (Lipinski definition) is 4. The Morgan fingerprint density at radius 1 is 1.25 bits per heavy atom. The van der Waals surface area contributed by atoms with Crippen molar-refractivity contribution in [2.45, 2.75) is 33.7 Å². The fourth-order valence-corrected chi connectivity index (χ4v) is 4.07. The summed E-state index contributed by atoms with van der Waals surface area (Å²) in [6, 6.07) is 9.15. The number of nitrogens with one attached hydrogen (secondary N) is 1. The van der Waals surface area contributed by atoms with Crippen LogP contribution in [-0.2, 0) is 4.79 Å². The number of carbonyl (C=O) groups excluding carboxylic acids is 2. The SMILES string of the molecule is CC1=CC(C)=NC(=O)C1CNC(=O)c1cc(-c2ccccc2Cl)nc2c1cnn2C(C)C. The normalized spacial score (nSPS) is 16.3. The molecule has 0 saturated heterocycles. The largest absolute Gasteiger partial charge is 0.351 e. The topological polar surface area (TPSA) is 89.2 Å². The number of pyridine rings is 1. The van der Waals surface area contributed by atoms with E-state index in [1.54, 1.807) is 29.9 Å². The van der Waals surface area contributed by atoms with Crippen molar-refractivity contribution in [1.82, 2.24) is 20.1 Å². The molecule has 3 heterocycles. The summed E-state index contributed by atoms with van der Waals surface area (Å²) in [6.45, 7) is 7.83. The maximum absolute atomic E-state index is 13.3. The van der Waals surface area contributed by atoms with Gasteiger partial charge in [0, 0.05) is 28.9 Å². The Hall–Kier alpha value is -3.32. The summed E-state index contributed by atoms with van der Waals surface area (Å²) in [5.41, 5.74) is 3.91. The van der Waals surface area contributed by atoms with E-state index in [1.165, 1.54) is 0 Å². The van der Waals surface area contributed by atoms with Crippen molar-refractivity contribution < 1.29 is 9.59 Å². The predicted octanol–water partition coefficient (Wildman–Crippen LogP) is 4.63. The first-order valence-electron chi connectivity index (χ1n) is 10.4. The fourth-order valence-electron chi connectivity index (χ4n) is 3.84. The molecular weight excluding hydrogens is 426 g/mol. The molecule has 164 valence electrons. The first kappa shape index (κ1) is 21.9. The molecule has 3 aromatic rings. The van der Waals surface area contributed by atoms with Gasteiger partial charge in [-0.15, -0.1) is 0 Å². The smallest absolute Gasteiger partial charge is 0.254 e. The Bertz CT molecular complexity index is 1290. The van der Waals surface area contributed by atoms with E-state index < -0.39 is 5.92 Å². The summed E-state index contributed by atoms with van der Waals surface area (Å²) in [7, 11) is 0. The Kier molecular flexibility index (Phi) is 5.93. The van der Waals surface area contributed by atoms with Crippen molar-refractivity contribution in [1.29, 1.82) is 0 Å². The predicted molar refractivity (Wildman–Crippen MR) is 126 cm³/mol. The first-order valence-corrected chi connectivity index (χ1v) is 10.8. The second kappa shape index (κ2) is 8.67. The number of nitrogens with zero attached hydrogens (tertiary/aromatic N) is 4. The van der Waals surface area contributed by atoms with E-state index in [0.717, 1.165) is 11.1 Å². The number of amides is 2. The number of aromatic nitrogens is 3. The third kappa shape index (κ3) is 4.08. The van der Waals surface area contributed by atoms with Crippen molar-refractivity contribution in [3.05, 3.63) is 58.8 Å². The van der Waals surface area contributed by atoms with E-state index in [0.29, 0.717) is 33.0 Å². The van der Waals surface area contributed by atoms with Gasteiger partial charge in [-0.1, -0.05) is 35.4 Å². The first-order chi connectivity index (χ1) is 15.3. The highest BCUT2D eigenvalue weighted by molar-refractivity contribution is 6.33. The minimum absolute atomic E-state index is 0.0613. The molecule has 1 N–H and O–H groups in total. The summed E-state index contributed by atoms with van der Waals surface area (Å²) >= 11 is 6.41. The Balaban J connectivity index is 1.73. The van der Waals surface area contributed by atoms with Crippen LogP contribution in [0.4, 0.5) is 0 Å². The summed E-state index contributed by atoms with van der Waals surface area (Å²) in [4.78, 5) is 34.3. The molecule has 1 atom stereocenters. The lowest BCUT2D eigenvalue weighted by Crippen LogP contribution is -2.34. The van der Waals surface area contributed by atoms with Crippen LogP contribution >= 0.6 is 11.6 Å². The molecule has 1 aromatic carbocycles. The van der Waals surface area contributed by atoms with Crippen molar-refractivity contribution >= 4 is 40.2 Å². The molecule has 1 aliphatic heterocycles. The van der Waals surface area contributed by atoms with Gasteiger partial charge in [0.25, 0.3) is 11.8 Å². The van der Waals surface area contributed by atoms with Crippen LogP contribution in [0.1, 0.15) is 44.1 Å². The third-order valence-corrected chi connectivity index (χ3v) is 5.82. The number of hydrogen-bond donors (Lipinski definition) is 1. The molecule has 1 unspecified atom stereocenters. The van der Waals surface area contributed by atoms with E-state index >= 15 is 0 Å². The van der Waals surface area contributed by atoms with Gasteiger partial charge in [0.05, 0.1) is 28.8 Å². The zero-order valence-corrected chi connectivity index (χ0v) is 19.1. The molecule has 8 heteroatoms. The van der Waals surface area contributed by atoms with Crippen LogP contribution in [0.25, 0.3) is 22.3 Å². The van der Waals surface area contributed by atoms with Crippen molar-refractivity contribution in [2.24, 2.45) is 10.9 Å². The number of rotatable bonds is 5. The van der Waals surface area contributed by atoms with Crippen LogP contribution in [0.3, 0.4) is 0 Å². The standard InChI is InChI=1S/C24H24ClN5O2/c1-13(2)30-22-19(12-27-30)17(10-21(29-22)16-7-5-6-8-20(16)25)23(31)26-11-18-14(3)9-15(4)28-24(18)32/h5-10,12-13,18H,11H2,1-4H3,(H,26,31). The van der Waals surface area contributed by atoms with Crippen molar-refractivity contribution in [2.75, 3.05) is 6.54 Å². The van der Waals surface area contributed by atoms with Gasteiger partial charge < -0.3 is 5.32 Å². The van der Waals surface area contributed by atoms with Gasteiger partial charge in [0.15, 0.2) is 5.65 Å². The van der Waals surface area contributed by atoms with Crippen LogP contribution in [0.2, 0.25) is 5.02 Å². The number of benzene rings is 1. The number of fused-ring (bicyclic) bond motifs is 1. The van der Waals surface area contributed by atoms with Gasteiger partial charge in [-0.2, -0.15) is 5.10 Å². The zero-order chi connectivity index (χ0) is 23.0. The Morgan fingerprint density at radius 2 is 2.00 bits per heavy atom. The number of carbonyl (C=O) groups is 2. The molecule has 7 nitrogen and oxygen atoms in total. The second-order valence-corrected chi connectivity index (χ2v) is 8.60. The highest BCUT2D eigenvalue weighted by atomic mass is 35.5.